The molecule has 3 heterocycles. The third-order valence-corrected chi connectivity index (χ3v) is 5.48. The number of carbonyl (C=O) groups excluding carboxylic acids is 1. The van der Waals surface area contributed by atoms with Crippen molar-refractivity contribution in [2.24, 2.45) is 5.92 Å². The van der Waals surface area contributed by atoms with E-state index in [0.717, 1.165) is 4.90 Å². The second kappa shape index (κ2) is 10.4. The molecule has 1 amide bonds. The van der Waals surface area contributed by atoms with E-state index in [1.165, 1.54) is 24.9 Å². The number of quaternary nitrogens is 1. The minimum Gasteiger partial charge on any atom is -0.352 e. The monoisotopic (exact) mass is 499 g/mol. The molecular weight excluding hydrogens is 475 g/mol. The molecule has 188 valence electrons. The van der Waals surface area contributed by atoms with Crippen LogP contribution >= 0.6 is 0 Å². The summed E-state index contributed by atoms with van der Waals surface area (Å²) >= 11 is 0. The maximum atomic E-state index is 14.4. The van der Waals surface area contributed by atoms with E-state index in [9.17, 15) is 26.7 Å². The molecule has 1 fully saturated rings. The third kappa shape index (κ3) is 6.32. The van der Waals surface area contributed by atoms with Crippen LogP contribution in [0.1, 0.15) is 24.5 Å². The molecule has 3 rings (SSSR count). The normalized spacial score (nSPS) is 20.4. The quantitative estimate of drug-likeness (QED) is 0.395. The highest BCUT2D eigenvalue weighted by Gasteiger charge is 2.47. The number of alkyl halides is 5. The molecular formula is C21H24F5N8O+. The minimum absolute atomic E-state index is 0.102. The van der Waals surface area contributed by atoms with Crippen LogP contribution in [0.25, 0.3) is 5.57 Å². The molecule has 1 saturated heterocycles. The molecule has 1 aliphatic rings. The number of rotatable bonds is 7. The number of aromatic nitrogens is 4. The van der Waals surface area contributed by atoms with Gasteiger partial charge in [-0.1, -0.05) is 6.92 Å². The van der Waals surface area contributed by atoms with Crippen molar-refractivity contribution in [3.05, 3.63) is 48.4 Å². The number of anilines is 1. The molecule has 0 spiro atoms. The van der Waals surface area contributed by atoms with Crippen LogP contribution in [0, 0.1) is 11.3 Å². The minimum atomic E-state index is -4.60. The maximum Gasteiger partial charge on any atom is 0.419 e. The highest BCUT2D eigenvalue weighted by Crippen LogP contribution is 2.35. The first kappa shape index (κ1) is 26.1. The van der Waals surface area contributed by atoms with Crippen LogP contribution in [0.4, 0.5) is 27.9 Å². The summed E-state index contributed by atoms with van der Waals surface area (Å²) in [4.78, 5) is 29.2. The fourth-order valence-electron chi connectivity index (χ4n) is 3.83. The van der Waals surface area contributed by atoms with Gasteiger partial charge >= 0.3 is 6.18 Å². The van der Waals surface area contributed by atoms with Crippen LogP contribution < -0.4 is 10.6 Å². The van der Waals surface area contributed by atoms with Gasteiger partial charge in [-0.05, 0) is 5.92 Å². The van der Waals surface area contributed by atoms with Gasteiger partial charge in [-0.25, -0.2) is 28.7 Å². The van der Waals surface area contributed by atoms with E-state index in [4.69, 9.17) is 5.41 Å². The van der Waals surface area contributed by atoms with E-state index in [-0.39, 0.29) is 18.1 Å². The number of hydrogen-bond donors (Lipinski definition) is 3. The summed E-state index contributed by atoms with van der Waals surface area (Å²) < 4.78 is 67.1. The Kier molecular flexibility index (Phi) is 7.73. The summed E-state index contributed by atoms with van der Waals surface area (Å²) in [5.74, 6) is -4.93. The first-order valence-electron chi connectivity index (χ1n) is 10.6. The molecule has 2 aromatic rings. The van der Waals surface area contributed by atoms with Crippen LogP contribution in [-0.2, 0) is 11.0 Å². The van der Waals surface area contributed by atoms with Crippen molar-refractivity contribution in [1.82, 2.24) is 24.8 Å². The molecule has 0 aliphatic carbocycles. The zero-order valence-corrected chi connectivity index (χ0v) is 18.9. The summed E-state index contributed by atoms with van der Waals surface area (Å²) in [7, 11) is 1.68. The van der Waals surface area contributed by atoms with Crippen LogP contribution in [0.15, 0.2) is 37.3 Å². The largest absolute Gasteiger partial charge is 0.419 e. The Bertz CT molecular complexity index is 1080. The van der Waals surface area contributed by atoms with Gasteiger partial charge in [0.1, 0.15) is 18.2 Å². The zero-order valence-electron chi connectivity index (χ0n) is 18.9. The number of carbonyl (C=O) groups is 1. The van der Waals surface area contributed by atoms with Crippen molar-refractivity contribution in [2.75, 3.05) is 25.5 Å². The van der Waals surface area contributed by atoms with Gasteiger partial charge in [0.15, 0.2) is 0 Å². The predicted octanol–water partition coefficient (Wildman–Crippen LogP) is 1.82. The maximum absolute atomic E-state index is 14.4. The molecule has 2 aromatic heterocycles. The molecule has 0 radical (unpaired) electrons. The smallest absolute Gasteiger partial charge is 0.352 e. The first-order valence-corrected chi connectivity index (χ1v) is 10.6. The third-order valence-electron chi connectivity index (χ3n) is 5.48. The lowest BCUT2D eigenvalue weighted by Gasteiger charge is -2.43. The van der Waals surface area contributed by atoms with Crippen molar-refractivity contribution in [2.45, 2.75) is 31.5 Å². The fourth-order valence-corrected chi connectivity index (χ4v) is 3.83. The van der Waals surface area contributed by atoms with Gasteiger partial charge in [0, 0.05) is 43.3 Å². The molecule has 14 heteroatoms. The molecule has 0 unspecified atom stereocenters. The molecule has 2 atom stereocenters. The van der Waals surface area contributed by atoms with E-state index in [1.807, 2.05) is 0 Å². The molecule has 0 aromatic carbocycles. The zero-order chi connectivity index (χ0) is 25.8. The van der Waals surface area contributed by atoms with Crippen LogP contribution in [0.2, 0.25) is 0 Å². The Hall–Kier alpha value is -3.55. The van der Waals surface area contributed by atoms with E-state index in [1.54, 1.807) is 19.3 Å². The van der Waals surface area contributed by atoms with Gasteiger partial charge in [-0.3, -0.25) is 10.2 Å². The lowest BCUT2D eigenvalue weighted by atomic mass is 9.87. The second-order valence-corrected chi connectivity index (χ2v) is 8.13. The van der Waals surface area contributed by atoms with E-state index in [2.05, 4.69) is 25.3 Å². The number of nitrogens with two attached hydrogens (primary N) is 1. The molecule has 0 bridgehead atoms. The van der Waals surface area contributed by atoms with Crippen LogP contribution in [-0.4, -0.2) is 68.6 Å². The van der Waals surface area contributed by atoms with Crippen molar-refractivity contribution in [3.63, 3.8) is 0 Å². The molecule has 1 aliphatic heterocycles. The number of halogens is 5. The molecule has 0 saturated carbocycles. The Morgan fingerprint density at radius 2 is 1.89 bits per heavy atom. The highest BCUT2D eigenvalue weighted by atomic mass is 19.4. The number of nitrogens with zero attached hydrogens (tertiary/aromatic N) is 5. The van der Waals surface area contributed by atoms with Crippen molar-refractivity contribution < 1.29 is 32.1 Å². The Balaban J connectivity index is 1.83. The summed E-state index contributed by atoms with van der Waals surface area (Å²) in [6, 6.07) is -0.799. The van der Waals surface area contributed by atoms with E-state index in [0.29, 0.717) is 18.0 Å². The standard InChI is InChI=1S/C21H23F5N8O/c1-12-3-20(22,23)10-34(16(12)9-33-19-31-6-14(7-32-19)21(24,25)26)18(35)17(27)15(8-28-2)13-4-29-11-30-5-13/h4-8,11-12,16,27-28H,3,9-10H2,1-2H3,(H,31,32,33)/p+1/b15-8-,27-17?/t12-,16-/m1/s1. The number of likely N-dealkylation sites (tertiary alicyclic amines) is 1. The number of piperidine rings is 1. The summed E-state index contributed by atoms with van der Waals surface area (Å²) in [5.41, 5.74) is -1.01. The van der Waals surface area contributed by atoms with Gasteiger partial charge in [0.2, 0.25) is 5.95 Å². The van der Waals surface area contributed by atoms with Crippen LogP contribution in [0.3, 0.4) is 0 Å². The van der Waals surface area contributed by atoms with Gasteiger partial charge in [0.05, 0.1) is 30.8 Å². The molecule has 4 N–H and O–H groups in total. The molecule has 35 heavy (non-hydrogen) atoms. The van der Waals surface area contributed by atoms with Crippen molar-refractivity contribution >= 4 is 23.1 Å². The average Bonchev–Trinajstić information content (AvgIpc) is 2.80. The fraction of sp³-hybridized carbons (Fsp3) is 0.429. The van der Waals surface area contributed by atoms with E-state index >= 15 is 0 Å². The van der Waals surface area contributed by atoms with Gasteiger partial charge < -0.3 is 15.5 Å². The topological polar surface area (TPSA) is 124 Å². The number of hydrogen-bond acceptors (Lipinski definition) is 7. The molecule has 9 nitrogen and oxygen atoms in total. The second-order valence-electron chi connectivity index (χ2n) is 8.13. The van der Waals surface area contributed by atoms with Crippen molar-refractivity contribution in [1.29, 1.82) is 5.41 Å². The number of amides is 1. The summed E-state index contributed by atoms with van der Waals surface area (Å²) in [6.45, 7) is 0.529. The van der Waals surface area contributed by atoms with Gasteiger partial charge in [-0.15, -0.1) is 0 Å². The predicted molar refractivity (Wildman–Crippen MR) is 115 cm³/mol. The Morgan fingerprint density at radius 1 is 1.26 bits per heavy atom. The number of nitrogens with one attached hydrogen (secondary N) is 2. The summed E-state index contributed by atoms with van der Waals surface area (Å²) in [6.07, 6.45) is 1.68. The highest BCUT2D eigenvalue weighted by molar-refractivity contribution is 6.54. The average molecular weight is 499 g/mol. The lowest BCUT2D eigenvalue weighted by Crippen LogP contribution is -2.73. The SMILES string of the molecule is C[NH2+]/C=C(\C(=N)C(=O)N1CC(F)(F)C[C@@H](C)[C@H]1CNc1ncc(C(F)(F)F)cn1)c1cncnc1. The Labute approximate surface area is 197 Å². The first-order chi connectivity index (χ1) is 16.4. The van der Waals surface area contributed by atoms with E-state index < -0.39 is 54.2 Å². The van der Waals surface area contributed by atoms with Crippen LogP contribution in [0.5, 0.6) is 0 Å². The lowest BCUT2D eigenvalue weighted by molar-refractivity contribution is -0.555. The Morgan fingerprint density at radius 3 is 2.46 bits per heavy atom. The summed E-state index contributed by atoms with van der Waals surface area (Å²) in [5, 5.41) is 12.8. The van der Waals surface area contributed by atoms with Crippen molar-refractivity contribution in [3.8, 4) is 0 Å². The van der Waals surface area contributed by atoms with Gasteiger partial charge in [-0.2, -0.15) is 13.2 Å². The van der Waals surface area contributed by atoms with Gasteiger partial charge in [0.25, 0.3) is 11.8 Å².